The molecule has 1 aliphatic heterocycles. The van der Waals surface area contributed by atoms with Crippen LogP contribution in [0.5, 0.6) is 5.75 Å². The van der Waals surface area contributed by atoms with E-state index in [1.165, 1.54) is 11.1 Å². The molecule has 1 aromatic heterocycles. The third-order valence-corrected chi connectivity index (χ3v) is 9.77. The maximum atomic E-state index is 6.70. The fraction of sp³-hybridized carbons (Fsp3) is 0.0667. The number of nitrogens with zero attached hydrogens (tertiary/aromatic N) is 1. The van der Waals surface area contributed by atoms with Crippen molar-refractivity contribution >= 4 is 67.0 Å². The molecule has 0 fully saturated rings. The van der Waals surface area contributed by atoms with Crippen molar-refractivity contribution in [1.29, 1.82) is 0 Å². The molecule has 10 rings (SSSR count). The Morgan fingerprint density at radius 3 is 2.49 bits per heavy atom. The van der Waals surface area contributed by atoms with Gasteiger partial charge in [0.05, 0.1) is 16.6 Å². The average molecular weight is 631 g/mol. The monoisotopic (exact) mass is 630 g/mol. The number of furan rings is 1. The highest BCUT2D eigenvalue weighted by atomic mass is 16.5. The minimum Gasteiger partial charge on any atom is -0.464 e. The Hall–Kier alpha value is -6.44. The Morgan fingerprint density at radius 1 is 0.755 bits per heavy atom. The van der Waals surface area contributed by atoms with E-state index in [1.807, 2.05) is 36.4 Å². The molecule has 0 radical (unpaired) electrons. The molecule has 0 spiro atoms. The van der Waals surface area contributed by atoms with Crippen LogP contribution in [0.25, 0.3) is 49.9 Å². The van der Waals surface area contributed by atoms with Gasteiger partial charge < -0.3 is 19.4 Å². The quantitative estimate of drug-likeness (QED) is 0.152. The lowest BCUT2D eigenvalue weighted by Gasteiger charge is -2.28. The molecule has 4 nitrogen and oxygen atoms in total. The van der Waals surface area contributed by atoms with Gasteiger partial charge in [-0.1, -0.05) is 109 Å². The summed E-state index contributed by atoms with van der Waals surface area (Å²) in [4.78, 5) is 2.30. The molecular weight excluding hydrogens is 601 g/mol. The van der Waals surface area contributed by atoms with Gasteiger partial charge in [0, 0.05) is 33.7 Å². The highest BCUT2D eigenvalue weighted by Gasteiger charge is 2.27. The van der Waals surface area contributed by atoms with Gasteiger partial charge in [0.25, 0.3) is 0 Å². The van der Waals surface area contributed by atoms with Gasteiger partial charge in [-0.15, -0.1) is 0 Å². The predicted molar refractivity (Wildman–Crippen MR) is 200 cm³/mol. The van der Waals surface area contributed by atoms with E-state index < -0.39 is 0 Å². The van der Waals surface area contributed by atoms with Crippen molar-refractivity contribution in [1.82, 2.24) is 0 Å². The number of allylic oxidation sites excluding steroid dienone is 5. The molecule has 7 aromatic rings. The van der Waals surface area contributed by atoms with Gasteiger partial charge in [-0.3, -0.25) is 0 Å². The van der Waals surface area contributed by atoms with Crippen LogP contribution < -0.4 is 25.6 Å². The van der Waals surface area contributed by atoms with Crippen LogP contribution >= 0.6 is 0 Å². The topological polar surface area (TPSA) is 37.6 Å². The first-order valence-electron chi connectivity index (χ1n) is 16.8. The molecule has 1 N–H and O–H groups in total. The predicted octanol–water partition coefficient (Wildman–Crippen LogP) is 10.0. The first kappa shape index (κ1) is 27.7. The summed E-state index contributed by atoms with van der Waals surface area (Å²) in [6.07, 6.45) is 10.5. The van der Waals surface area contributed by atoms with E-state index >= 15 is 0 Å². The number of hydrogen-bond donors (Lipinski definition) is 1. The molecule has 1 unspecified atom stereocenters. The van der Waals surface area contributed by atoms with E-state index in [4.69, 9.17) is 9.15 Å². The number of ether oxygens (including phenoxy) is 1. The van der Waals surface area contributed by atoms with E-state index in [-0.39, 0.29) is 6.23 Å². The Labute approximate surface area is 283 Å². The normalized spacial score (nSPS) is 15.9. The Kier molecular flexibility index (Phi) is 6.25. The van der Waals surface area contributed by atoms with Gasteiger partial charge in [0.2, 0.25) is 0 Å². The van der Waals surface area contributed by atoms with Crippen molar-refractivity contribution in [3.8, 4) is 5.75 Å². The second kappa shape index (κ2) is 11.1. The van der Waals surface area contributed by atoms with Crippen molar-refractivity contribution in [2.24, 2.45) is 0 Å². The second-order valence-electron chi connectivity index (χ2n) is 12.7. The van der Waals surface area contributed by atoms with Crippen molar-refractivity contribution < 1.29 is 9.15 Å². The lowest BCUT2D eigenvalue weighted by molar-refractivity contribution is 0.263. The molecule has 0 saturated heterocycles. The van der Waals surface area contributed by atoms with Gasteiger partial charge in [-0.2, -0.15) is 0 Å². The summed E-state index contributed by atoms with van der Waals surface area (Å²) in [5.41, 5.74) is 16.2. The second-order valence-corrected chi connectivity index (χ2v) is 12.7. The lowest BCUT2D eigenvalue weighted by atomic mass is 9.94. The molecule has 232 valence electrons. The number of benzene rings is 6. The van der Waals surface area contributed by atoms with Crippen LogP contribution in [0.2, 0.25) is 0 Å². The van der Waals surface area contributed by atoms with E-state index in [9.17, 15) is 0 Å². The molecule has 0 amide bonds. The first-order chi connectivity index (χ1) is 24.3. The van der Waals surface area contributed by atoms with E-state index in [1.54, 1.807) is 0 Å². The van der Waals surface area contributed by atoms with Crippen molar-refractivity contribution in [3.63, 3.8) is 0 Å². The van der Waals surface area contributed by atoms with Crippen molar-refractivity contribution in [2.75, 3.05) is 10.2 Å². The summed E-state index contributed by atoms with van der Waals surface area (Å²) in [6, 6.07) is 42.5. The molecule has 0 bridgehead atoms. The Bertz CT molecular complexity index is 2760. The fourth-order valence-corrected chi connectivity index (χ4v) is 7.42. The summed E-state index contributed by atoms with van der Waals surface area (Å²) < 4.78 is 13.1. The molecule has 2 heterocycles. The zero-order chi connectivity index (χ0) is 32.3. The van der Waals surface area contributed by atoms with Crippen LogP contribution in [-0.4, -0.2) is 0 Å². The number of rotatable bonds is 5. The van der Waals surface area contributed by atoms with Crippen LogP contribution in [0.15, 0.2) is 155 Å². The zero-order valence-electron chi connectivity index (χ0n) is 26.6. The van der Waals surface area contributed by atoms with Crippen LogP contribution in [-0.2, 0) is 0 Å². The maximum absolute atomic E-state index is 6.70. The highest BCUT2D eigenvalue weighted by Crippen LogP contribution is 2.47. The van der Waals surface area contributed by atoms with E-state index in [2.05, 4.69) is 131 Å². The Morgan fingerprint density at radius 2 is 1.57 bits per heavy atom. The molecule has 0 saturated carbocycles. The number of anilines is 3. The SMILES string of the molecule is C1=C=c2c(oc3ccccc23)=CC=1N(c1ccc2ccc3ccc4c(c3c2c1)OC(c1ccccc1)N4)c1ccccc1C1=CC=CCC1. The maximum Gasteiger partial charge on any atom is 0.196 e. The highest BCUT2D eigenvalue weighted by molar-refractivity contribution is 6.14. The molecule has 6 aromatic carbocycles. The van der Waals surface area contributed by atoms with Crippen molar-refractivity contribution in [3.05, 3.63) is 173 Å². The Balaban J connectivity index is 1.20. The fourth-order valence-electron chi connectivity index (χ4n) is 7.42. The summed E-state index contributed by atoms with van der Waals surface area (Å²) >= 11 is 0. The number of nitrogens with one attached hydrogen (secondary N) is 1. The van der Waals surface area contributed by atoms with Crippen LogP contribution in [0.3, 0.4) is 0 Å². The van der Waals surface area contributed by atoms with Gasteiger partial charge in [0.15, 0.2) is 12.0 Å². The average Bonchev–Trinajstić information content (AvgIpc) is 3.77. The van der Waals surface area contributed by atoms with Crippen LogP contribution in [0.1, 0.15) is 30.2 Å². The van der Waals surface area contributed by atoms with E-state index in [0.717, 1.165) is 90.1 Å². The van der Waals surface area contributed by atoms with Crippen LogP contribution in [0, 0.1) is 0 Å². The molecule has 3 aliphatic rings. The molecule has 49 heavy (non-hydrogen) atoms. The van der Waals surface area contributed by atoms with Gasteiger partial charge in [-0.25, -0.2) is 0 Å². The summed E-state index contributed by atoms with van der Waals surface area (Å²) in [5.74, 6) is 0.879. The summed E-state index contributed by atoms with van der Waals surface area (Å²) in [5, 5.41) is 10.1. The van der Waals surface area contributed by atoms with Gasteiger partial charge >= 0.3 is 0 Å². The lowest BCUT2D eigenvalue weighted by Crippen LogP contribution is -2.25. The summed E-state index contributed by atoms with van der Waals surface area (Å²) in [7, 11) is 0. The first-order valence-corrected chi connectivity index (χ1v) is 16.8. The molecule has 2 aliphatic carbocycles. The minimum atomic E-state index is -0.248. The van der Waals surface area contributed by atoms with Crippen LogP contribution in [0.4, 0.5) is 17.1 Å². The van der Waals surface area contributed by atoms with Crippen molar-refractivity contribution in [2.45, 2.75) is 19.1 Å². The third kappa shape index (κ3) is 4.55. The van der Waals surface area contributed by atoms with Gasteiger partial charge in [0.1, 0.15) is 16.7 Å². The number of hydrogen-bond acceptors (Lipinski definition) is 4. The van der Waals surface area contributed by atoms with E-state index in [0.29, 0.717) is 0 Å². The number of para-hydroxylation sites is 2. The van der Waals surface area contributed by atoms with Gasteiger partial charge in [-0.05, 0) is 76.7 Å². The standard InChI is InChI=1S/C45H30N2O2/c1-3-11-29(12-4-1)35-15-7-9-17-40(35)47(34-24-25-37-36-16-8-10-18-41(36)48-42(37)28-34)33-23-21-30-19-20-31-22-26-39-44(43(31)38(30)27-33)49-45(46-39)32-13-5-2-6-14-32/h1-3,5-11,13-23,26-28,45-46H,4,12H2. The number of fused-ring (bicyclic) bond motifs is 8. The largest absolute Gasteiger partial charge is 0.464 e. The smallest absolute Gasteiger partial charge is 0.196 e. The third-order valence-electron chi connectivity index (χ3n) is 9.77. The summed E-state index contributed by atoms with van der Waals surface area (Å²) in [6.45, 7) is 0. The zero-order valence-corrected chi connectivity index (χ0v) is 26.6. The molecule has 4 heteroatoms. The molecule has 1 atom stereocenters. The minimum absolute atomic E-state index is 0.248. The molecular formula is C45H30N2O2.